The number of likely N-dealkylation sites (N-methyl/N-ethyl adjacent to an activating group) is 1. The number of aromatic nitrogens is 1. The summed E-state index contributed by atoms with van der Waals surface area (Å²) >= 11 is 0. The number of pyridine rings is 1. The maximum atomic E-state index is 13.5. The van der Waals surface area contributed by atoms with Crippen molar-refractivity contribution in [3.8, 4) is 0 Å². The molecule has 0 saturated heterocycles. The minimum atomic E-state index is -0.298. The summed E-state index contributed by atoms with van der Waals surface area (Å²) in [7, 11) is 1.78. The minimum absolute atomic E-state index is 0.174. The summed E-state index contributed by atoms with van der Waals surface area (Å²) in [6.07, 6.45) is 3.78. The maximum absolute atomic E-state index is 13.5. The molecule has 0 amide bonds. The summed E-state index contributed by atoms with van der Waals surface area (Å²) in [5.74, 6) is 0.512. The van der Waals surface area contributed by atoms with E-state index in [0.29, 0.717) is 12.1 Å². The largest absolute Gasteiger partial charge is 0.469 e. The van der Waals surface area contributed by atoms with Crippen LogP contribution in [0.1, 0.15) is 17.5 Å². The third-order valence-corrected chi connectivity index (χ3v) is 2.45. The first kappa shape index (κ1) is 10.8. The topological polar surface area (TPSA) is 38.1 Å². The Morgan fingerprint density at radius 2 is 2.31 bits per heavy atom. The van der Waals surface area contributed by atoms with Crippen LogP contribution in [0.2, 0.25) is 0 Å². The Labute approximate surface area is 93.3 Å². The zero-order valence-corrected chi connectivity index (χ0v) is 8.98. The first-order valence-corrected chi connectivity index (χ1v) is 5.11. The van der Waals surface area contributed by atoms with Crippen molar-refractivity contribution in [1.29, 1.82) is 0 Å². The Morgan fingerprint density at radius 3 is 2.94 bits per heavy atom. The second-order valence-electron chi connectivity index (χ2n) is 3.50. The van der Waals surface area contributed by atoms with Gasteiger partial charge in [-0.3, -0.25) is 4.98 Å². The molecule has 2 aromatic rings. The van der Waals surface area contributed by atoms with Crippen LogP contribution in [0.5, 0.6) is 0 Å². The Balaban J connectivity index is 2.20. The van der Waals surface area contributed by atoms with Crippen molar-refractivity contribution in [1.82, 2.24) is 10.3 Å². The van der Waals surface area contributed by atoms with Crippen molar-refractivity contribution >= 4 is 0 Å². The smallest absolute Gasteiger partial charge is 0.146 e. The molecule has 3 nitrogen and oxygen atoms in total. The van der Waals surface area contributed by atoms with Gasteiger partial charge in [-0.2, -0.15) is 0 Å². The lowest BCUT2D eigenvalue weighted by Crippen LogP contribution is -2.21. The molecule has 2 aromatic heterocycles. The lowest BCUT2D eigenvalue weighted by atomic mass is 10.1. The third-order valence-electron chi connectivity index (χ3n) is 2.45. The van der Waals surface area contributed by atoms with E-state index in [9.17, 15) is 4.39 Å². The number of furan rings is 1. The second-order valence-corrected chi connectivity index (χ2v) is 3.50. The number of nitrogens with zero attached hydrogens (tertiary/aromatic N) is 1. The van der Waals surface area contributed by atoms with Crippen molar-refractivity contribution < 1.29 is 8.81 Å². The standard InChI is InChI=1S/C12H13FN2O/c1-14-11(8-9-4-3-7-16-9)12-10(13)5-2-6-15-12/h2-7,11,14H,8H2,1H3. The maximum Gasteiger partial charge on any atom is 0.146 e. The Morgan fingerprint density at radius 1 is 1.44 bits per heavy atom. The number of rotatable bonds is 4. The Kier molecular flexibility index (Phi) is 3.31. The molecule has 1 atom stereocenters. The molecular formula is C12H13FN2O. The fourth-order valence-corrected chi connectivity index (χ4v) is 1.62. The van der Waals surface area contributed by atoms with Crippen molar-refractivity contribution in [2.75, 3.05) is 7.05 Å². The molecule has 0 aliphatic heterocycles. The molecule has 84 valence electrons. The Bertz CT molecular complexity index is 442. The van der Waals surface area contributed by atoms with Gasteiger partial charge < -0.3 is 9.73 Å². The summed E-state index contributed by atoms with van der Waals surface area (Å²) in [5, 5.41) is 3.03. The van der Waals surface area contributed by atoms with Crippen LogP contribution in [-0.4, -0.2) is 12.0 Å². The van der Waals surface area contributed by atoms with E-state index in [2.05, 4.69) is 10.3 Å². The van der Waals surface area contributed by atoms with Crippen LogP contribution >= 0.6 is 0 Å². The summed E-state index contributed by atoms with van der Waals surface area (Å²) in [6, 6.07) is 6.50. The zero-order chi connectivity index (χ0) is 11.4. The average molecular weight is 220 g/mol. The number of halogens is 1. The molecule has 1 N–H and O–H groups in total. The molecule has 0 bridgehead atoms. The highest BCUT2D eigenvalue weighted by Gasteiger charge is 2.16. The molecule has 0 fully saturated rings. The van der Waals surface area contributed by atoms with Crippen molar-refractivity contribution in [2.24, 2.45) is 0 Å². The van der Waals surface area contributed by atoms with Gasteiger partial charge in [-0.05, 0) is 31.3 Å². The summed E-state index contributed by atoms with van der Waals surface area (Å²) in [4.78, 5) is 4.05. The molecular weight excluding hydrogens is 207 g/mol. The summed E-state index contributed by atoms with van der Waals surface area (Å²) < 4.78 is 18.8. The van der Waals surface area contributed by atoms with Crippen LogP contribution in [-0.2, 0) is 6.42 Å². The van der Waals surface area contributed by atoms with E-state index in [1.54, 1.807) is 25.6 Å². The molecule has 0 aliphatic carbocycles. The van der Waals surface area contributed by atoms with Gasteiger partial charge in [0.15, 0.2) is 0 Å². The fourth-order valence-electron chi connectivity index (χ4n) is 1.62. The molecule has 0 saturated carbocycles. The van der Waals surface area contributed by atoms with E-state index < -0.39 is 0 Å². The first-order valence-electron chi connectivity index (χ1n) is 5.11. The van der Waals surface area contributed by atoms with Gasteiger partial charge in [-0.1, -0.05) is 0 Å². The van der Waals surface area contributed by atoms with Crippen LogP contribution in [0, 0.1) is 5.82 Å². The van der Waals surface area contributed by atoms with Gasteiger partial charge in [0.05, 0.1) is 18.0 Å². The zero-order valence-electron chi connectivity index (χ0n) is 8.98. The van der Waals surface area contributed by atoms with Crippen molar-refractivity contribution in [3.63, 3.8) is 0 Å². The molecule has 0 aliphatic rings. The first-order chi connectivity index (χ1) is 7.81. The van der Waals surface area contributed by atoms with Crippen molar-refractivity contribution in [3.05, 3.63) is 54.0 Å². The molecule has 16 heavy (non-hydrogen) atoms. The van der Waals surface area contributed by atoms with Gasteiger partial charge >= 0.3 is 0 Å². The number of hydrogen-bond donors (Lipinski definition) is 1. The predicted molar refractivity (Wildman–Crippen MR) is 58.4 cm³/mol. The third kappa shape index (κ3) is 2.28. The molecule has 0 radical (unpaired) electrons. The van der Waals surface area contributed by atoms with Crippen LogP contribution in [0.25, 0.3) is 0 Å². The van der Waals surface area contributed by atoms with E-state index in [1.165, 1.54) is 6.07 Å². The lowest BCUT2D eigenvalue weighted by molar-refractivity contribution is 0.448. The van der Waals surface area contributed by atoms with Crippen LogP contribution in [0.4, 0.5) is 4.39 Å². The van der Waals surface area contributed by atoms with Gasteiger partial charge in [0.1, 0.15) is 11.6 Å². The van der Waals surface area contributed by atoms with Crippen LogP contribution in [0.3, 0.4) is 0 Å². The predicted octanol–water partition coefficient (Wildman–Crippen LogP) is 2.32. The number of hydrogen-bond acceptors (Lipinski definition) is 3. The van der Waals surface area contributed by atoms with Crippen molar-refractivity contribution in [2.45, 2.75) is 12.5 Å². The second kappa shape index (κ2) is 4.90. The monoisotopic (exact) mass is 220 g/mol. The fraction of sp³-hybridized carbons (Fsp3) is 0.250. The minimum Gasteiger partial charge on any atom is -0.469 e. The van der Waals surface area contributed by atoms with Gasteiger partial charge in [0.2, 0.25) is 0 Å². The molecule has 2 heterocycles. The summed E-state index contributed by atoms with van der Waals surface area (Å²) in [6.45, 7) is 0. The highest BCUT2D eigenvalue weighted by atomic mass is 19.1. The van der Waals surface area contributed by atoms with E-state index >= 15 is 0 Å². The Hall–Kier alpha value is -1.68. The quantitative estimate of drug-likeness (QED) is 0.859. The normalized spacial score (nSPS) is 12.6. The molecule has 2 rings (SSSR count). The SMILES string of the molecule is CNC(Cc1ccco1)c1ncccc1F. The van der Waals surface area contributed by atoms with Crippen LogP contribution in [0.15, 0.2) is 41.1 Å². The van der Waals surface area contributed by atoms with E-state index in [0.717, 1.165) is 5.76 Å². The van der Waals surface area contributed by atoms with E-state index in [-0.39, 0.29) is 11.9 Å². The highest BCUT2D eigenvalue weighted by Crippen LogP contribution is 2.18. The van der Waals surface area contributed by atoms with E-state index in [4.69, 9.17) is 4.42 Å². The molecule has 4 heteroatoms. The average Bonchev–Trinajstić information content (AvgIpc) is 2.80. The highest BCUT2D eigenvalue weighted by molar-refractivity contribution is 5.14. The van der Waals surface area contributed by atoms with Gasteiger partial charge in [-0.25, -0.2) is 4.39 Å². The lowest BCUT2D eigenvalue weighted by Gasteiger charge is -2.14. The van der Waals surface area contributed by atoms with Gasteiger partial charge in [-0.15, -0.1) is 0 Å². The number of nitrogens with one attached hydrogen (secondary N) is 1. The molecule has 0 aromatic carbocycles. The van der Waals surface area contributed by atoms with Gasteiger partial charge in [0, 0.05) is 12.6 Å². The molecule has 0 spiro atoms. The van der Waals surface area contributed by atoms with E-state index in [1.807, 2.05) is 12.1 Å². The van der Waals surface area contributed by atoms with Crippen LogP contribution < -0.4 is 5.32 Å². The summed E-state index contributed by atoms with van der Waals surface area (Å²) in [5.41, 5.74) is 0.418. The molecule has 1 unspecified atom stereocenters. The van der Waals surface area contributed by atoms with Gasteiger partial charge in [0.25, 0.3) is 0 Å².